The number of nitrogens with zero attached hydrogens (tertiary/aromatic N) is 3. The van der Waals surface area contributed by atoms with Gasteiger partial charge in [0.1, 0.15) is 18.0 Å². The molecular weight excluding hydrogens is 250 g/mol. The van der Waals surface area contributed by atoms with Gasteiger partial charge in [0.05, 0.1) is 0 Å². The molecule has 0 bridgehead atoms. The lowest BCUT2D eigenvalue weighted by Crippen LogP contribution is -2.47. The third-order valence-corrected chi connectivity index (χ3v) is 4.11. The summed E-state index contributed by atoms with van der Waals surface area (Å²) in [6.07, 6.45) is 7.49. The van der Waals surface area contributed by atoms with Crippen molar-refractivity contribution >= 4 is 11.6 Å². The van der Waals surface area contributed by atoms with E-state index in [9.17, 15) is 0 Å². The van der Waals surface area contributed by atoms with E-state index in [0.717, 1.165) is 24.5 Å². The molecule has 2 rings (SSSR count). The molecule has 2 N–H and O–H groups in total. The highest BCUT2D eigenvalue weighted by Gasteiger charge is 2.26. The van der Waals surface area contributed by atoms with Crippen molar-refractivity contribution in [2.45, 2.75) is 65.0 Å². The predicted molar refractivity (Wildman–Crippen MR) is 83.8 cm³/mol. The largest absolute Gasteiger partial charge is 0.373 e. The Morgan fingerprint density at radius 1 is 1.20 bits per heavy atom. The Hall–Kier alpha value is -1.36. The van der Waals surface area contributed by atoms with Gasteiger partial charge in [0.15, 0.2) is 0 Å². The maximum Gasteiger partial charge on any atom is 0.149 e. The molecule has 1 aliphatic rings. The fourth-order valence-corrected chi connectivity index (χ4v) is 2.97. The van der Waals surface area contributed by atoms with Crippen LogP contribution < -0.4 is 10.7 Å². The second kappa shape index (κ2) is 6.88. The zero-order chi connectivity index (χ0) is 14.5. The molecule has 0 saturated carbocycles. The molecule has 2 unspecified atom stereocenters. The van der Waals surface area contributed by atoms with Gasteiger partial charge in [-0.15, -0.1) is 0 Å². The van der Waals surface area contributed by atoms with Crippen LogP contribution in [0, 0.1) is 0 Å². The summed E-state index contributed by atoms with van der Waals surface area (Å²) < 4.78 is 0. The van der Waals surface area contributed by atoms with Gasteiger partial charge < -0.3 is 10.7 Å². The minimum Gasteiger partial charge on any atom is -0.373 e. The molecule has 1 fully saturated rings. The first-order valence-electron chi connectivity index (χ1n) is 7.74. The quantitative estimate of drug-likeness (QED) is 0.866. The molecule has 0 aromatic carbocycles. The van der Waals surface area contributed by atoms with E-state index in [2.05, 4.69) is 46.5 Å². The summed E-state index contributed by atoms with van der Waals surface area (Å²) in [4.78, 5) is 8.79. The second-order valence-corrected chi connectivity index (χ2v) is 5.70. The number of hydrogen-bond acceptors (Lipinski definition) is 5. The number of aromatic nitrogens is 2. The first-order valence-corrected chi connectivity index (χ1v) is 7.74. The van der Waals surface area contributed by atoms with Crippen LogP contribution in [0.5, 0.6) is 0 Å². The normalized spacial score (nSPS) is 23.6. The highest BCUT2D eigenvalue weighted by atomic mass is 15.5. The Balaban J connectivity index is 2.23. The summed E-state index contributed by atoms with van der Waals surface area (Å²) in [5, 5.41) is 5.52. The number of hydrogen-bond donors (Lipinski definition) is 2. The van der Waals surface area contributed by atoms with Gasteiger partial charge in [0.2, 0.25) is 0 Å². The van der Waals surface area contributed by atoms with E-state index in [1.165, 1.54) is 24.8 Å². The van der Waals surface area contributed by atoms with Crippen molar-refractivity contribution in [3.05, 3.63) is 11.9 Å². The van der Waals surface area contributed by atoms with Gasteiger partial charge in [-0.2, -0.15) is 0 Å². The lowest BCUT2D eigenvalue weighted by atomic mass is 10.00. The summed E-state index contributed by atoms with van der Waals surface area (Å²) in [5.74, 6) is 1.88. The van der Waals surface area contributed by atoms with Crippen LogP contribution in [0.2, 0.25) is 0 Å². The van der Waals surface area contributed by atoms with Gasteiger partial charge in [-0.3, -0.25) is 0 Å². The van der Waals surface area contributed by atoms with E-state index in [-0.39, 0.29) is 0 Å². The van der Waals surface area contributed by atoms with Crippen molar-refractivity contribution < 1.29 is 0 Å². The standard InChI is InChI=1S/C15H27N5/c1-5-7-13-14(16-4)17-10-18-15(13)19-20-11(2)8-6-9-12(20)3/h10-12H,5-9H2,1-4H3,(H2,16,17,18,19). The zero-order valence-electron chi connectivity index (χ0n) is 13.1. The Bertz CT molecular complexity index is 424. The van der Waals surface area contributed by atoms with Crippen LogP contribution in [0.25, 0.3) is 0 Å². The van der Waals surface area contributed by atoms with Gasteiger partial charge in [-0.1, -0.05) is 19.8 Å². The highest BCUT2D eigenvalue weighted by molar-refractivity contribution is 5.56. The zero-order valence-corrected chi connectivity index (χ0v) is 13.1. The van der Waals surface area contributed by atoms with Crippen molar-refractivity contribution in [1.82, 2.24) is 15.0 Å². The van der Waals surface area contributed by atoms with Crippen LogP contribution in [0.1, 0.15) is 52.0 Å². The van der Waals surface area contributed by atoms with E-state index in [1.807, 2.05) is 7.05 Å². The minimum absolute atomic E-state index is 0.543. The molecule has 0 amide bonds. The van der Waals surface area contributed by atoms with Gasteiger partial charge >= 0.3 is 0 Å². The molecular formula is C15H27N5. The van der Waals surface area contributed by atoms with E-state index in [4.69, 9.17) is 0 Å². The summed E-state index contributed by atoms with van der Waals surface area (Å²) >= 11 is 0. The molecule has 2 atom stereocenters. The SMILES string of the molecule is CCCc1c(NC)ncnc1NN1C(C)CCCC1C. The Labute approximate surface area is 122 Å². The number of piperidine rings is 1. The van der Waals surface area contributed by atoms with E-state index >= 15 is 0 Å². The molecule has 0 radical (unpaired) electrons. The Morgan fingerprint density at radius 2 is 1.85 bits per heavy atom. The van der Waals surface area contributed by atoms with Gasteiger partial charge in [-0.05, 0) is 33.1 Å². The first-order chi connectivity index (χ1) is 9.67. The highest BCUT2D eigenvalue weighted by Crippen LogP contribution is 2.26. The fourth-order valence-electron chi connectivity index (χ4n) is 2.97. The lowest BCUT2D eigenvalue weighted by molar-refractivity contribution is 0.135. The van der Waals surface area contributed by atoms with E-state index < -0.39 is 0 Å². The lowest BCUT2D eigenvalue weighted by Gasteiger charge is -2.39. The number of anilines is 2. The molecule has 1 aromatic rings. The number of hydrazine groups is 1. The smallest absolute Gasteiger partial charge is 0.149 e. The van der Waals surface area contributed by atoms with Crippen molar-refractivity contribution in [3.63, 3.8) is 0 Å². The average molecular weight is 277 g/mol. The monoisotopic (exact) mass is 277 g/mol. The van der Waals surface area contributed by atoms with Crippen LogP contribution in [-0.2, 0) is 6.42 Å². The number of rotatable bonds is 5. The summed E-state index contributed by atoms with van der Waals surface area (Å²) in [5.41, 5.74) is 4.73. The molecule has 1 saturated heterocycles. The van der Waals surface area contributed by atoms with Gasteiger partial charge in [0, 0.05) is 24.7 Å². The van der Waals surface area contributed by atoms with Crippen LogP contribution in [0.4, 0.5) is 11.6 Å². The topological polar surface area (TPSA) is 53.1 Å². The summed E-state index contributed by atoms with van der Waals surface area (Å²) in [6.45, 7) is 6.74. The molecule has 20 heavy (non-hydrogen) atoms. The molecule has 2 heterocycles. The van der Waals surface area contributed by atoms with Gasteiger partial charge in [0.25, 0.3) is 0 Å². The molecule has 0 aliphatic carbocycles. The second-order valence-electron chi connectivity index (χ2n) is 5.70. The molecule has 1 aliphatic heterocycles. The Kier molecular flexibility index (Phi) is 5.17. The van der Waals surface area contributed by atoms with Crippen LogP contribution in [0.3, 0.4) is 0 Å². The van der Waals surface area contributed by atoms with E-state index in [0.29, 0.717) is 12.1 Å². The van der Waals surface area contributed by atoms with Crippen LogP contribution >= 0.6 is 0 Å². The molecule has 0 spiro atoms. The maximum absolute atomic E-state index is 4.47. The fraction of sp³-hybridized carbons (Fsp3) is 0.733. The minimum atomic E-state index is 0.543. The van der Waals surface area contributed by atoms with E-state index in [1.54, 1.807) is 6.33 Å². The maximum atomic E-state index is 4.47. The van der Waals surface area contributed by atoms with Crippen LogP contribution in [0.15, 0.2) is 6.33 Å². The Morgan fingerprint density at radius 3 is 2.45 bits per heavy atom. The summed E-state index contributed by atoms with van der Waals surface area (Å²) in [7, 11) is 1.91. The molecule has 5 nitrogen and oxygen atoms in total. The molecule has 112 valence electrons. The van der Waals surface area contributed by atoms with Gasteiger partial charge in [-0.25, -0.2) is 15.0 Å². The third kappa shape index (κ3) is 3.20. The van der Waals surface area contributed by atoms with Crippen LogP contribution in [-0.4, -0.2) is 34.1 Å². The van der Waals surface area contributed by atoms with Crippen molar-refractivity contribution in [2.24, 2.45) is 0 Å². The predicted octanol–water partition coefficient (Wildman–Crippen LogP) is 3.06. The number of nitrogens with one attached hydrogen (secondary N) is 2. The third-order valence-electron chi connectivity index (χ3n) is 4.11. The first kappa shape index (κ1) is 15.0. The van der Waals surface area contributed by atoms with Crippen molar-refractivity contribution in [3.8, 4) is 0 Å². The average Bonchev–Trinajstić information content (AvgIpc) is 2.44. The van der Waals surface area contributed by atoms with Crippen molar-refractivity contribution in [2.75, 3.05) is 17.8 Å². The summed E-state index contributed by atoms with van der Waals surface area (Å²) in [6, 6.07) is 1.09. The van der Waals surface area contributed by atoms with Crippen molar-refractivity contribution in [1.29, 1.82) is 0 Å². The molecule has 5 heteroatoms. The molecule has 1 aromatic heterocycles.